The van der Waals surface area contributed by atoms with Crippen molar-refractivity contribution in [3.63, 3.8) is 0 Å². The molecular formula is C19H26FN3O. The van der Waals surface area contributed by atoms with Gasteiger partial charge in [0, 0.05) is 7.11 Å². The Kier molecular flexibility index (Phi) is 5.31. The van der Waals surface area contributed by atoms with Gasteiger partial charge in [-0.2, -0.15) is 0 Å². The van der Waals surface area contributed by atoms with E-state index < -0.39 is 0 Å². The molecule has 3 rings (SSSR count). The SMILES string of the molecule is COC(c1cncn1[C@H](C)c1ccc(F)cc1)C1CCN(C)CC1. The van der Waals surface area contributed by atoms with Crippen molar-refractivity contribution in [2.45, 2.75) is 31.9 Å². The highest BCUT2D eigenvalue weighted by atomic mass is 19.1. The van der Waals surface area contributed by atoms with Crippen LogP contribution < -0.4 is 0 Å². The predicted octanol–water partition coefficient (Wildman–Crippen LogP) is 3.66. The first kappa shape index (κ1) is 17.1. The summed E-state index contributed by atoms with van der Waals surface area (Å²) < 4.78 is 21.2. The smallest absolute Gasteiger partial charge is 0.123 e. The molecule has 4 nitrogen and oxygen atoms in total. The number of halogens is 1. The number of imidazole rings is 1. The molecule has 2 atom stereocenters. The standard InChI is InChI=1S/C19H26FN3O/c1-14(15-4-6-17(20)7-5-15)23-13-21-12-18(23)19(24-3)16-8-10-22(2)11-9-16/h4-7,12-14,16,19H,8-11H2,1-3H3/t14-,19?/m1/s1. The van der Waals surface area contributed by atoms with E-state index in [1.807, 2.05) is 24.7 Å². The Bertz CT molecular complexity index is 647. The first-order valence-electron chi connectivity index (χ1n) is 8.58. The highest BCUT2D eigenvalue weighted by Crippen LogP contribution is 2.34. The van der Waals surface area contributed by atoms with Gasteiger partial charge in [0.2, 0.25) is 0 Å². The Labute approximate surface area is 143 Å². The monoisotopic (exact) mass is 331 g/mol. The molecule has 1 aliphatic heterocycles. The minimum Gasteiger partial charge on any atom is -0.375 e. The zero-order valence-electron chi connectivity index (χ0n) is 14.7. The maximum Gasteiger partial charge on any atom is 0.123 e. The summed E-state index contributed by atoms with van der Waals surface area (Å²) in [6.45, 7) is 4.32. The van der Waals surface area contributed by atoms with E-state index in [2.05, 4.69) is 28.4 Å². The summed E-state index contributed by atoms with van der Waals surface area (Å²) in [6.07, 6.45) is 6.07. The van der Waals surface area contributed by atoms with Gasteiger partial charge in [0.15, 0.2) is 0 Å². The second-order valence-electron chi connectivity index (χ2n) is 6.75. The number of piperidine rings is 1. The van der Waals surface area contributed by atoms with Gasteiger partial charge in [0.1, 0.15) is 11.9 Å². The molecule has 1 saturated heterocycles. The average molecular weight is 331 g/mol. The fourth-order valence-corrected chi connectivity index (χ4v) is 3.65. The van der Waals surface area contributed by atoms with Gasteiger partial charge in [-0.25, -0.2) is 9.37 Å². The van der Waals surface area contributed by atoms with Crippen LogP contribution in [0.5, 0.6) is 0 Å². The first-order chi connectivity index (χ1) is 11.6. The van der Waals surface area contributed by atoms with Crippen LogP contribution in [0.15, 0.2) is 36.8 Å². The fourth-order valence-electron chi connectivity index (χ4n) is 3.65. The van der Waals surface area contributed by atoms with Crippen LogP contribution in [0.1, 0.15) is 43.2 Å². The quantitative estimate of drug-likeness (QED) is 0.837. The van der Waals surface area contributed by atoms with Gasteiger partial charge in [0.25, 0.3) is 0 Å². The molecule has 0 saturated carbocycles. The maximum absolute atomic E-state index is 13.2. The van der Waals surface area contributed by atoms with Gasteiger partial charge < -0.3 is 14.2 Å². The molecule has 2 heterocycles. The number of rotatable bonds is 5. The molecule has 1 aromatic heterocycles. The highest BCUT2D eigenvalue weighted by molar-refractivity contribution is 5.22. The Morgan fingerprint density at radius 1 is 1.21 bits per heavy atom. The van der Waals surface area contributed by atoms with Crippen molar-refractivity contribution in [1.82, 2.24) is 14.5 Å². The van der Waals surface area contributed by atoms with Crippen molar-refractivity contribution in [2.75, 3.05) is 27.2 Å². The topological polar surface area (TPSA) is 30.3 Å². The molecule has 2 aromatic rings. The van der Waals surface area contributed by atoms with Crippen molar-refractivity contribution >= 4 is 0 Å². The molecular weight excluding hydrogens is 305 g/mol. The van der Waals surface area contributed by atoms with E-state index in [0.29, 0.717) is 5.92 Å². The molecule has 0 spiro atoms. The van der Waals surface area contributed by atoms with Crippen LogP contribution in [0.3, 0.4) is 0 Å². The van der Waals surface area contributed by atoms with Crippen LogP contribution in [-0.4, -0.2) is 41.7 Å². The third-order valence-electron chi connectivity index (χ3n) is 5.20. The molecule has 0 aliphatic carbocycles. The van der Waals surface area contributed by atoms with E-state index in [4.69, 9.17) is 4.74 Å². The van der Waals surface area contributed by atoms with E-state index in [9.17, 15) is 4.39 Å². The summed E-state index contributed by atoms with van der Waals surface area (Å²) in [7, 11) is 3.95. The number of likely N-dealkylation sites (tertiary alicyclic amines) is 1. The number of benzene rings is 1. The summed E-state index contributed by atoms with van der Waals surface area (Å²) in [6, 6.07) is 6.77. The molecule has 5 heteroatoms. The average Bonchev–Trinajstić information content (AvgIpc) is 3.07. The summed E-state index contributed by atoms with van der Waals surface area (Å²) in [5.74, 6) is 0.292. The largest absolute Gasteiger partial charge is 0.375 e. The van der Waals surface area contributed by atoms with Crippen LogP contribution in [-0.2, 0) is 4.74 Å². The van der Waals surface area contributed by atoms with Gasteiger partial charge in [-0.15, -0.1) is 0 Å². The van der Waals surface area contributed by atoms with Crippen molar-refractivity contribution in [3.8, 4) is 0 Å². The van der Waals surface area contributed by atoms with E-state index in [1.165, 1.54) is 12.1 Å². The van der Waals surface area contributed by atoms with Crippen molar-refractivity contribution < 1.29 is 9.13 Å². The normalized spacial score (nSPS) is 19.3. The predicted molar refractivity (Wildman–Crippen MR) is 92.4 cm³/mol. The van der Waals surface area contributed by atoms with Gasteiger partial charge in [-0.3, -0.25) is 0 Å². The summed E-state index contributed by atoms with van der Waals surface area (Å²) in [5, 5.41) is 0. The lowest BCUT2D eigenvalue weighted by molar-refractivity contribution is 0.0186. The lowest BCUT2D eigenvalue weighted by Gasteiger charge is -2.34. The molecule has 1 unspecified atom stereocenters. The van der Waals surface area contributed by atoms with Gasteiger partial charge in [0.05, 0.1) is 24.3 Å². The molecule has 0 radical (unpaired) electrons. The fraction of sp³-hybridized carbons (Fsp3) is 0.526. The Balaban J connectivity index is 1.84. The summed E-state index contributed by atoms with van der Waals surface area (Å²) >= 11 is 0. The van der Waals surface area contributed by atoms with Crippen molar-refractivity contribution in [2.24, 2.45) is 5.92 Å². The molecule has 1 aromatic carbocycles. The number of ether oxygens (including phenoxy) is 1. The summed E-state index contributed by atoms with van der Waals surface area (Å²) in [4.78, 5) is 6.73. The Hall–Kier alpha value is -1.72. The van der Waals surface area contributed by atoms with Crippen molar-refractivity contribution in [3.05, 3.63) is 53.9 Å². The van der Waals surface area contributed by atoms with E-state index in [1.54, 1.807) is 7.11 Å². The molecule has 1 aliphatic rings. The molecule has 1 fully saturated rings. The second-order valence-corrected chi connectivity index (χ2v) is 6.75. The lowest BCUT2D eigenvalue weighted by Crippen LogP contribution is -2.33. The number of nitrogens with zero attached hydrogens (tertiary/aromatic N) is 3. The molecule has 130 valence electrons. The third-order valence-corrected chi connectivity index (χ3v) is 5.20. The van der Waals surface area contributed by atoms with Gasteiger partial charge in [-0.1, -0.05) is 12.1 Å². The zero-order valence-corrected chi connectivity index (χ0v) is 14.7. The van der Waals surface area contributed by atoms with E-state index in [-0.39, 0.29) is 18.0 Å². The number of aromatic nitrogens is 2. The molecule has 24 heavy (non-hydrogen) atoms. The van der Waals surface area contributed by atoms with Crippen LogP contribution in [0.25, 0.3) is 0 Å². The third kappa shape index (κ3) is 3.52. The number of hydrogen-bond acceptors (Lipinski definition) is 3. The van der Waals surface area contributed by atoms with Crippen LogP contribution in [0.4, 0.5) is 4.39 Å². The highest BCUT2D eigenvalue weighted by Gasteiger charge is 2.29. The first-order valence-corrected chi connectivity index (χ1v) is 8.58. The minimum absolute atomic E-state index is 0.0455. The van der Waals surface area contributed by atoms with Gasteiger partial charge >= 0.3 is 0 Å². The maximum atomic E-state index is 13.2. The zero-order chi connectivity index (χ0) is 17.1. The van der Waals surface area contributed by atoms with Crippen LogP contribution in [0.2, 0.25) is 0 Å². The van der Waals surface area contributed by atoms with E-state index in [0.717, 1.165) is 37.2 Å². The Morgan fingerprint density at radius 2 is 1.88 bits per heavy atom. The number of methoxy groups -OCH3 is 1. The minimum atomic E-state index is -0.210. The molecule has 0 amide bonds. The van der Waals surface area contributed by atoms with Crippen molar-refractivity contribution in [1.29, 1.82) is 0 Å². The lowest BCUT2D eigenvalue weighted by atomic mass is 9.89. The van der Waals surface area contributed by atoms with Crippen LogP contribution in [0, 0.1) is 11.7 Å². The number of hydrogen-bond donors (Lipinski definition) is 0. The van der Waals surface area contributed by atoms with Gasteiger partial charge in [-0.05, 0) is 63.5 Å². The molecule has 0 N–H and O–H groups in total. The molecule has 0 bridgehead atoms. The summed E-state index contributed by atoms with van der Waals surface area (Å²) in [5.41, 5.74) is 2.16. The second kappa shape index (κ2) is 7.45. The van der Waals surface area contributed by atoms with Crippen LogP contribution >= 0.6 is 0 Å². The van der Waals surface area contributed by atoms with E-state index >= 15 is 0 Å². The Morgan fingerprint density at radius 3 is 2.50 bits per heavy atom.